The number of Topliss-reactive ketones (excluding diaryl/α,β-unsaturated/α-hetero) is 1. The fourth-order valence-corrected chi connectivity index (χ4v) is 15.8. The zero-order valence-electron chi connectivity index (χ0n) is 29.8. The van der Waals surface area contributed by atoms with Crippen molar-refractivity contribution in [1.29, 1.82) is 0 Å². The maximum absolute atomic E-state index is 14.4. The van der Waals surface area contributed by atoms with Gasteiger partial charge in [0.05, 0.1) is 6.61 Å². The van der Waals surface area contributed by atoms with Crippen LogP contribution in [-0.2, 0) is 26.3 Å². The zero-order valence-corrected chi connectivity index (χ0v) is 30.8. The lowest BCUT2D eigenvalue weighted by atomic mass is 9.66. The van der Waals surface area contributed by atoms with Crippen LogP contribution >= 0.6 is 0 Å². The Kier molecular flexibility index (Phi) is 12.5. The second kappa shape index (κ2) is 15.9. The highest BCUT2D eigenvalue weighted by atomic mass is 28.3. The van der Waals surface area contributed by atoms with Crippen molar-refractivity contribution < 1.29 is 19.1 Å². The monoisotopic (exact) mass is 645 g/mol. The standard InChI is InChI=1S/C40H59NO4Si/c1-29(2)46(30(3)4,31(5)6)38-27-41(34(26-36(38)42)22-17-25-44-28-32-18-11-9-12-19-32)39(43)45-37-24-16-15-23-35(37)40(7,8)33-20-13-10-14-21-33/h9-14,18-21,27,29-31,34-35,37H,15-17,22-26,28H2,1-8H3/t34-,35-,37-/m1/s1. The van der Waals surface area contributed by atoms with Gasteiger partial charge in [-0.05, 0) is 70.5 Å². The van der Waals surface area contributed by atoms with E-state index in [2.05, 4.69) is 97.9 Å². The van der Waals surface area contributed by atoms with Crippen molar-refractivity contribution in [2.45, 2.75) is 141 Å². The molecule has 5 nitrogen and oxygen atoms in total. The van der Waals surface area contributed by atoms with Crippen LogP contribution < -0.4 is 0 Å². The first-order chi connectivity index (χ1) is 21.9. The van der Waals surface area contributed by atoms with Gasteiger partial charge < -0.3 is 9.47 Å². The summed E-state index contributed by atoms with van der Waals surface area (Å²) in [5.74, 6) is 0.450. The average Bonchev–Trinajstić information content (AvgIpc) is 3.02. The number of rotatable bonds is 13. The first-order valence-electron chi connectivity index (χ1n) is 17.8. The molecule has 3 atom stereocenters. The molecule has 0 bridgehead atoms. The topological polar surface area (TPSA) is 55.8 Å². The minimum absolute atomic E-state index is 0.129. The lowest BCUT2D eigenvalue weighted by Crippen LogP contribution is -2.54. The van der Waals surface area contributed by atoms with Gasteiger partial charge in [-0.25, -0.2) is 4.79 Å². The van der Waals surface area contributed by atoms with Crippen LogP contribution in [0.25, 0.3) is 0 Å². The summed E-state index contributed by atoms with van der Waals surface area (Å²) in [5, 5.41) is 0.922. The molecule has 4 rings (SSSR count). The molecule has 1 saturated carbocycles. The quantitative estimate of drug-likeness (QED) is 0.161. The Hall–Kier alpha value is -2.70. The minimum atomic E-state index is -2.29. The highest BCUT2D eigenvalue weighted by molar-refractivity contribution is 6.93. The molecule has 46 heavy (non-hydrogen) atoms. The number of hydrogen-bond donors (Lipinski definition) is 0. The van der Waals surface area contributed by atoms with Crippen LogP contribution in [0.3, 0.4) is 0 Å². The molecule has 1 amide bonds. The number of carbonyl (C=O) groups excluding carboxylic acids is 2. The smallest absolute Gasteiger partial charge is 0.414 e. The third-order valence-corrected chi connectivity index (χ3v) is 18.3. The number of carbonyl (C=O) groups is 2. The molecule has 6 heteroatoms. The third-order valence-electron chi connectivity index (χ3n) is 11.3. The van der Waals surface area contributed by atoms with E-state index >= 15 is 0 Å². The number of amides is 1. The molecular formula is C40H59NO4Si. The molecule has 0 spiro atoms. The number of ether oxygens (including phenoxy) is 2. The van der Waals surface area contributed by atoms with Gasteiger partial charge in [0.15, 0.2) is 5.78 Å². The molecule has 0 aromatic heterocycles. The Morgan fingerprint density at radius 3 is 2.09 bits per heavy atom. The predicted molar refractivity (Wildman–Crippen MR) is 191 cm³/mol. The maximum atomic E-state index is 14.4. The lowest BCUT2D eigenvalue weighted by Gasteiger charge is -2.47. The van der Waals surface area contributed by atoms with Gasteiger partial charge in [-0.2, -0.15) is 0 Å². The highest BCUT2D eigenvalue weighted by Gasteiger charge is 2.51. The van der Waals surface area contributed by atoms with Gasteiger partial charge in [-0.1, -0.05) is 122 Å². The van der Waals surface area contributed by atoms with Crippen molar-refractivity contribution in [3.8, 4) is 0 Å². The van der Waals surface area contributed by atoms with Crippen molar-refractivity contribution in [3.63, 3.8) is 0 Å². The Labute approximate surface area is 280 Å². The van der Waals surface area contributed by atoms with Gasteiger partial charge in [-0.3, -0.25) is 9.69 Å². The molecule has 1 fully saturated rings. The Morgan fingerprint density at radius 2 is 1.48 bits per heavy atom. The number of allylic oxidation sites excluding steroid dienone is 1. The Balaban J connectivity index is 1.60. The van der Waals surface area contributed by atoms with Crippen molar-refractivity contribution in [2.75, 3.05) is 6.61 Å². The third kappa shape index (κ3) is 7.87. The van der Waals surface area contributed by atoms with Gasteiger partial charge in [0.1, 0.15) is 14.2 Å². The first-order valence-corrected chi connectivity index (χ1v) is 20.0. The molecule has 2 aromatic rings. The van der Waals surface area contributed by atoms with Crippen molar-refractivity contribution >= 4 is 20.0 Å². The minimum Gasteiger partial charge on any atom is -0.446 e. The lowest BCUT2D eigenvalue weighted by molar-refractivity contribution is -0.117. The predicted octanol–water partition coefficient (Wildman–Crippen LogP) is 10.4. The van der Waals surface area contributed by atoms with Crippen LogP contribution in [0.1, 0.15) is 111 Å². The van der Waals surface area contributed by atoms with E-state index < -0.39 is 8.07 Å². The summed E-state index contributed by atoms with van der Waals surface area (Å²) in [5.41, 5.74) is 3.42. The number of benzene rings is 2. The van der Waals surface area contributed by atoms with Gasteiger partial charge in [0, 0.05) is 31.2 Å². The van der Waals surface area contributed by atoms with Crippen LogP contribution in [0, 0.1) is 5.92 Å². The van der Waals surface area contributed by atoms with E-state index in [4.69, 9.17) is 9.47 Å². The molecule has 252 valence electrons. The second-order valence-electron chi connectivity index (χ2n) is 15.2. The summed E-state index contributed by atoms with van der Waals surface area (Å²) >= 11 is 0. The summed E-state index contributed by atoms with van der Waals surface area (Å²) in [6, 6.07) is 20.6. The molecule has 2 aliphatic rings. The number of ketones is 1. The highest BCUT2D eigenvalue weighted by Crippen LogP contribution is 2.49. The van der Waals surface area contributed by atoms with Crippen LogP contribution in [0.5, 0.6) is 0 Å². The van der Waals surface area contributed by atoms with Gasteiger partial charge in [0.25, 0.3) is 0 Å². The molecule has 0 unspecified atom stereocenters. The molecule has 1 aliphatic carbocycles. The van der Waals surface area contributed by atoms with Gasteiger partial charge >= 0.3 is 6.09 Å². The fourth-order valence-electron chi connectivity index (χ4n) is 8.99. The van der Waals surface area contributed by atoms with E-state index in [1.54, 1.807) is 0 Å². The van der Waals surface area contributed by atoms with Crippen molar-refractivity contribution in [3.05, 3.63) is 83.2 Å². The Morgan fingerprint density at radius 1 is 0.891 bits per heavy atom. The van der Waals surface area contributed by atoms with Crippen LogP contribution in [0.15, 0.2) is 72.1 Å². The molecule has 0 radical (unpaired) electrons. The van der Waals surface area contributed by atoms with Crippen LogP contribution in [0.2, 0.25) is 16.6 Å². The van der Waals surface area contributed by atoms with Crippen molar-refractivity contribution in [2.24, 2.45) is 5.92 Å². The molecule has 2 aromatic carbocycles. The SMILES string of the molecule is CC(C)[Si](C1=CN(C(=O)O[C@@H]2CCCC[C@H]2C(C)(C)c2ccccc2)[C@H](CCCOCc2ccccc2)CC1=O)(C(C)C)C(C)C. The molecule has 0 N–H and O–H groups in total. The summed E-state index contributed by atoms with van der Waals surface area (Å²) in [4.78, 5) is 30.3. The van der Waals surface area contributed by atoms with E-state index in [0.717, 1.165) is 42.9 Å². The number of hydrogen-bond acceptors (Lipinski definition) is 4. The van der Waals surface area contributed by atoms with E-state index in [9.17, 15) is 9.59 Å². The van der Waals surface area contributed by atoms with Crippen LogP contribution in [-0.4, -0.2) is 43.6 Å². The van der Waals surface area contributed by atoms with Crippen molar-refractivity contribution in [1.82, 2.24) is 4.90 Å². The summed E-state index contributed by atoms with van der Waals surface area (Å²) in [6.45, 7) is 19.4. The largest absolute Gasteiger partial charge is 0.446 e. The fraction of sp³-hybridized carbons (Fsp3) is 0.600. The average molecular weight is 646 g/mol. The summed E-state index contributed by atoms with van der Waals surface area (Å²) in [7, 11) is -2.29. The second-order valence-corrected chi connectivity index (χ2v) is 21.1. The summed E-state index contributed by atoms with van der Waals surface area (Å²) in [6.07, 6.45) is 7.44. The molecule has 1 heterocycles. The van der Waals surface area contributed by atoms with E-state index in [1.165, 1.54) is 5.56 Å². The van der Waals surface area contributed by atoms with E-state index in [-0.39, 0.29) is 35.4 Å². The van der Waals surface area contributed by atoms with Gasteiger partial charge in [-0.15, -0.1) is 0 Å². The van der Waals surface area contributed by atoms with Gasteiger partial charge in [0.2, 0.25) is 0 Å². The molecular weight excluding hydrogens is 587 g/mol. The summed E-state index contributed by atoms with van der Waals surface area (Å²) < 4.78 is 12.5. The van der Waals surface area contributed by atoms with Crippen LogP contribution in [0.4, 0.5) is 4.79 Å². The Bertz CT molecular complexity index is 1280. The zero-order chi connectivity index (χ0) is 33.5. The number of nitrogens with zero attached hydrogens (tertiary/aromatic N) is 1. The molecule has 1 aliphatic heterocycles. The first kappa shape index (κ1) is 36.1. The van der Waals surface area contributed by atoms with E-state index in [0.29, 0.717) is 42.7 Å². The van der Waals surface area contributed by atoms with E-state index in [1.807, 2.05) is 29.3 Å². The molecule has 0 saturated heterocycles. The normalized spacial score (nSPS) is 21.2. The maximum Gasteiger partial charge on any atom is 0.414 e.